The average molecular weight is 311 g/mol. The van der Waals surface area contributed by atoms with E-state index in [-0.39, 0.29) is 10.8 Å². The molecule has 1 heterocycles. The van der Waals surface area contributed by atoms with Crippen molar-refractivity contribution in [1.82, 2.24) is 10.6 Å². The monoisotopic (exact) mass is 311 g/mol. The van der Waals surface area contributed by atoms with E-state index in [9.17, 15) is 13.2 Å². The van der Waals surface area contributed by atoms with Crippen molar-refractivity contribution in [2.24, 2.45) is 11.1 Å². The van der Waals surface area contributed by atoms with E-state index in [1.54, 1.807) is 12.1 Å². The zero-order valence-electron chi connectivity index (χ0n) is 11.8. The molecule has 1 unspecified atom stereocenters. The molecule has 116 valence electrons. The summed E-state index contributed by atoms with van der Waals surface area (Å²) in [7, 11) is -3.66. The quantitative estimate of drug-likeness (QED) is 0.730. The number of carbonyl (C=O) groups excluding carboxylic acids is 1. The fourth-order valence-corrected chi connectivity index (χ4v) is 2.95. The molecule has 2 rings (SSSR count). The normalized spacial score (nSPS) is 19.2. The van der Waals surface area contributed by atoms with Crippen molar-refractivity contribution < 1.29 is 13.2 Å². The van der Waals surface area contributed by atoms with Crippen LogP contribution >= 0.6 is 0 Å². The van der Waals surface area contributed by atoms with Crippen molar-refractivity contribution in [3.8, 4) is 0 Å². The maximum atomic E-state index is 11.9. The third-order valence-corrected chi connectivity index (χ3v) is 4.54. The van der Waals surface area contributed by atoms with E-state index >= 15 is 0 Å². The lowest BCUT2D eigenvalue weighted by Crippen LogP contribution is -2.34. The van der Waals surface area contributed by atoms with Crippen LogP contribution in [0.25, 0.3) is 0 Å². The molecular formula is C14H21N3O3S. The zero-order valence-corrected chi connectivity index (χ0v) is 12.7. The van der Waals surface area contributed by atoms with Gasteiger partial charge in [0.2, 0.25) is 15.9 Å². The second-order valence-electron chi connectivity index (χ2n) is 5.38. The predicted molar refractivity (Wildman–Crippen MR) is 79.9 cm³/mol. The number of sulfonamides is 1. The summed E-state index contributed by atoms with van der Waals surface area (Å²) in [5.41, 5.74) is 0.845. The maximum Gasteiger partial charge on any atom is 0.238 e. The van der Waals surface area contributed by atoms with Gasteiger partial charge in [-0.1, -0.05) is 12.1 Å². The van der Waals surface area contributed by atoms with Gasteiger partial charge < -0.3 is 10.6 Å². The van der Waals surface area contributed by atoms with Gasteiger partial charge in [0.15, 0.2) is 0 Å². The summed E-state index contributed by atoms with van der Waals surface area (Å²) in [5.74, 6) is 0.433. The van der Waals surface area contributed by atoms with Crippen molar-refractivity contribution in [2.45, 2.75) is 30.7 Å². The molecule has 0 bridgehead atoms. The summed E-state index contributed by atoms with van der Waals surface area (Å²) in [6.07, 6.45) is 2.73. The Morgan fingerprint density at radius 3 is 2.62 bits per heavy atom. The van der Waals surface area contributed by atoms with Crippen LogP contribution in [0.5, 0.6) is 0 Å². The molecular weight excluding hydrogens is 290 g/mol. The molecule has 4 N–H and O–H groups in total. The SMILES string of the molecule is NS(=O)(=O)c1ccc(CNC(=O)CC2CCCNC2)cc1. The highest BCUT2D eigenvalue weighted by Gasteiger charge is 2.16. The number of hydrogen-bond donors (Lipinski definition) is 3. The fourth-order valence-electron chi connectivity index (χ4n) is 2.43. The molecule has 1 aromatic carbocycles. The highest BCUT2D eigenvalue weighted by molar-refractivity contribution is 7.89. The summed E-state index contributed by atoms with van der Waals surface area (Å²) in [4.78, 5) is 11.9. The first kappa shape index (κ1) is 15.9. The van der Waals surface area contributed by atoms with Crippen molar-refractivity contribution in [1.29, 1.82) is 0 Å². The van der Waals surface area contributed by atoms with E-state index in [1.807, 2.05) is 0 Å². The maximum absolute atomic E-state index is 11.9. The molecule has 6 nitrogen and oxygen atoms in total. The highest BCUT2D eigenvalue weighted by atomic mass is 32.2. The predicted octanol–water partition coefficient (Wildman–Crippen LogP) is 0.340. The minimum absolute atomic E-state index is 0.0271. The fraction of sp³-hybridized carbons (Fsp3) is 0.500. The summed E-state index contributed by atoms with van der Waals surface area (Å²) in [5, 5.41) is 11.2. The first-order valence-electron chi connectivity index (χ1n) is 7.04. The first-order valence-corrected chi connectivity index (χ1v) is 8.59. The summed E-state index contributed by atoms with van der Waals surface area (Å²) in [6.45, 7) is 2.33. The van der Waals surface area contributed by atoms with Crippen molar-refractivity contribution in [2.75, 3.05) is 13.1 Å². The molecule has 1 amide bonds. The van der Waals surface area contributed by atoms with Crippen molar-refractivity contribution in [3.63, 3.8) is 0 Å². The van der Waals surface area contributed by atoms with Gasteiger partial charge in [-0.05, 0) is 49.5 Å². The summed E-state index contributed by atoms with van der Waals surface area (Å²) in [6, 6.07) is 6.20. The average Bonchev–Trinajstić information content (AvgIpc) is 2.46. The van der Waals surface area contributed by atoms with E-state index < -0.39 is 10.0 Å². The Balaban J connectivity index is 1.81. The Morgan fingerprint density at radius 1 is 1.33 bits per heavy atom. The van der Waals surface area contributed by atoms with Crippen LogP contribution in [0.1, 0.15) is 24.8 Å². The molecule has 1 saturated heterocycles. The number of rotatable bonds is 5. The van der Waals surface area contributed by atoms with E-state index in [1.165, 1.54) is 12.1 Å². The molecule has 1 fully saturated rings. The van der Waals surface area contributed by atoms with Gasteiger partial charge in [0.25, 0.3) is 0 Å². The van der Waals surface area contributed by atoms with Crippen molar-refractivity contribution >= 4 is 15.9 Å². The molecule has 1 aromatic rings. The Kier molecular flexibility index (Phi) is 5.33. The van der Waals surface area contributed by atoms with Gasteiger partial charge in [0.05, 0.1) is 4.90 Å². The van der Waals surface area contributed by atoms with E-state index in [2.05, 4.69) is 10.6 Å². The summed E-state index contributed by atoms with van der Waals surface area (Å²) >= 11 is 0. The van der Waals surface area contributed by atoms with Crippen LogP contribution in [0.3, 0.4) is 0 Å². The number of hydrogen-bond acceptors (Lipinski definition) is 4. The molecule has 0 aromatic heterocycles. The van der Waals surface area contributed by atoms with Gasteiger partial charge in [0, 0.05) is 13.0 Å². The highest BCUT2D eigenvalue weighted by Crippen LogP contribution is 2.14. The second-order valence-corrected chi connectivity index (χ2v) is 6.94. The van der Waals surface area contributed by atoms with Gasteiger partial charge in [-0.2, -0.15) is 0 Å². The van der Waals surface area contributed by atoms with E-state index in [0.29, 0.717) is 18.9 Å². The van der Waals surface area contributed by atoms with E-state index in [0.717, 1.165) is 31.5 Å². The standard InChI is InChI=1S/C14H21N3O3S/c15-21(19,20)13-5-3-11(4-6-13)10-17-14(18)8-12-2-1-7-16-9-12/h3-6,12,16H,1-2,7-10H2,(H,17,18)(H2,15,19,20). The number of amides is 1. The molecule has 1 atom stereocenters. The molecule has 1 aliphatic rings. The molecule has 0 aliphatic carbocycles. The van der Waals surface area contributed by atoms with E-state index in [4.69, 9.17) is 5.14 Å². The number of piperidine rings is 1. The van der Waals surface area contributed by atoms with Crippen LogP contribution in [-0.2, 0) is 21.4 Å². The number of nitrogens with two attached hydrogens (primary N) is 1. The van der Waals surface area contributed by atoms with Gasteiger partial charge >= 0.3 is 0 Å². The van der Waals surface area contributed by atoms with Crippen LogP contribution < -0.4 is 15.8 Å². The number of carbonyl (C=O) groups is 1. The molecule has 7 heteroatoms. The molecule has 21 heavy (non-hydrogen) atoms. The molecule has 1 aliphatic heterocycles. The van der Waals surface area contributed by atoms with Crippen LogP contribution in [0.15, 0.2) is 29.2 Å². The lowest BCUT2D eigenvalue weighted by molar-refractivity contribution is -0.122. The largest absolute Gasteiger partial charge is 0.352 e. The third kappa shape index (κ3) is 5.11. The van der Waals surface area contributed by atoms with Crippen LogP contribution in [0.2, 0.25) is 0 Å². The van der Waals surface area contributed by atoms with Gasteiger partial charge in [-0.3, -0.25) is 4.79 Å². The lowest BCUT2D eigenvalue weighted by atomic mass is 9.96. The summed E-state index contributed by atoms with van der Waals surface area (Å²) < 4.78 is 22.3. The topological polar surface area (TPSA) is 101 Å². The molecule has 0 radical (unpaired) electrons. The van der Waals surface area contributed by atoms with Gasteiger partial charge in [-0.15, -0.1) is 0 Å². The molecule has 0 spiro atoms. The number of nitrogens with one attached hydrogen (secondary N) is 2. The van der Waals surface area contributed by atoms with Gasteiger partial charge in [0.1, 0.15) is 0 Å². The van der Waals surface area contributed by atoms with Gasteiger partial charge in [-0.25, -0.2) is 13.6 Å². The number of benzene rings is 1. The Labute approximate surface area is 125 Å². The Morgan fingerprint density at radius 2 is 2.05 bits per heavy atom. The van der Waals surface area contributed by atoms with Crippen LogP contribution in [-0.4, -0.2) is 27.4 Å². The second kappa shape index (κ2) is 7.02. The zero-order chi connectivity index (χ0) is 15.3. The Hall–Kier alpha value is -1.44. The smallest absolute Gasteiger partial charge is 0.238 e. The van der Waals surface area contributed by atoms with Crippen LogP contribution in [0, 0.1) is 5.92 Å². The first-order chi connectivity index (χ1) is 9.95. The number of primary sulfonamides is 1. The lowest BCUT2D eigenvalue weighted by Gasteiger charge is -2.22. The van der Waals surface area contributed by atoms with Crippen LogP contribution in [0.4, 0.5) is 0 Å². The minimum Gasteiger partial charge on any atom is -0.352 e. The Bertz CT molecular complexity index is 578. The van der Waals surface area contributed by atoms with Crippen molar-refractivity contribution in [3.05, 3.63) is 29.8 Å². The minimum atomic E-state index is -3.66. The third-order valence-electron chi connectivity index (χ3n) is 3.61. The molecule has 0 saturated carbocycles.